The highest BCUT2D eigenvalue weighted by Gasteiger charge is 2.13. The molecule has 0 saturated carbocycles. The number of furan rings is 1. The summed E-state index contributed by atoms with van der Waals surface area (Å²) < 4.78 is 5.31. The predicted octanol–water partition coefficient (Wildman–Crippen LogP) is 2.29. The minimum absolute atomic E-state index is 0.602. The molecular formula is C14H24N2O. The van der Waals surface area contributed by atoms with Gasteiger partial charge in [-0.1, -0.05) is 0 Å². The number of aryl methyl sites for hydroxylation is 1. The van der Waals surface area contributed by atoms with Gasteiger partial charge in [0.25, 0.3) is 0 Å². The molecule has 1 saturated heterocycles. The lowest BCUT2D eigenvalue weighted by Crippen LogP contribution is -2.38. The summed E-state index contributed by atoms with van der Waals surface area (Å²) in [6.07, 6.45) is 6.70. The molecule has 0 radical (unpaired) electrons. The average Bonchev–Trinajstić information content (AvgIpc) is 2.96. The number of hydrogen-bond acceptors (Lipinski definition) is 3. The van der Waals surface area contributed by atoms with Crippen molar-refractivity contribution in [2.45, 2.75) is 38.6 Å². The van der Waals surface area contributed by atoms with Crippen LogP contribution < -0.4 is 5.32 Å². The van der Waals surface area contributed by atoms with Gasteiger partial charge in [-0.25, -0.2) is 0 Å². The molecule has 1 N–H and O–H groups in total. The van der Waals surface area contributed by atoms with Gasteiger partial charge in [0, 0.05) is 19.0 Å². The Hall–Kier alpha value is -0.800. The van der Waals surface area contributed by atoms with Crippen LogP contribution in [0.15, 0.2) is 22.8 Å². The monoisotopic (exact) mass is 236 g/mol. The van der Waals surface area contributed by atoms with Gasteiger partial charge in [-0.2, -0.15) is 0 Å². The van der Waals surface area contributed by atoms with E-state index in [1.165, 1.54) is 32.5 Å². The van der Waals surface area contributed by atoms with Crippen LogP contribution in [0.3, 0.4) is 0 Å². The fraction of sp³-hybridized carbons (Fsp3) is 0.714. The molecule has 17 heavy (non-hydrogen) atoms. The van der Waals surface area contributed by atoms with Crippen molar-refractivity contribution in [1.29, 1.82) is 0 Å². The highest BCUT2D eigenvalue weighted by Crippen LogP contribution is 2.07. The summed E-state index contributed by atoms with van der Waals surface area (Å²) in [6, 6.07) is 4.61. The Morgan fingerprint density at radius 2 is 2.24 bits per heavy atom. The number of nitrogens with zero attached hydrogens (tertiary/aromatic N) is 1. The van der Waals surface area contributed by atoms with Gasteiger partial charge in [0.1, 0.15) is 5.76 Å². The summed E-state index contributed by atoms with van der Waals surface area (Å²) in [5, 5.41) is 3.59. The molecule has 0 aromatic carbocycles. The SMILES string of the molecule is CC(CN1CCCC1)NCCCc1ccco1. The van der Waals surface area contributed by atoms with Gasteiger partial charge < -0.3 is 14.6 Å². The molecule has 0 spiro atoms. The van der Waals surface area contributed by atoms with Gasteiger partial charge in [-0.3, -0.25) is 0 Å². The maximum absolute atomic E-state index is 5.31. The first-order valence-electron chi connectivity index (χ1n) is 6.83. The Balaban J connectivity index is 1.52. The molecule has 1 atom stereocenters. The van der Waals surface area contributed by atoms with Gasteiger partial charge in [0.2, 0.25) is 0 Å². The largest absolute Gasteiger partial charge is 0.469 e. The van der Waals surface area contributed by atoms with E-state index in [4.69, 9.17) is 4.42 Å². The van der Waals surface area contributed by atoms with Crippen molar-refractivity contribution in [3.63, 3.8) is 0 Å². The third-order valence-electron chi connectivity index (χ3n) is 3.40. The molecule has 1 aliphatic heterocycles. The molecule has 1 aromatic heterocycles. The second kappa shape index (κ2) is 6.82. The van der Waals surface area contributed by atoms with Crippen molar-refractivity contribution in [3.8, 4) is 0 Å². The fourth-order valence-corrected chi connectivity index (χ4v) is 2.48. The Bertz CT molecular complexity index is 291. The van der Waals surface area contributed by atoms with Crippen molar-refractivity contribution in [2.24, 2.45) is 0 Å². The van der Waals surface area contributed by atoms with E-state index < -0.39 is 0 Å². The zero-order valence-corrected chi connectivity index (χ0v) is 10.8. The van der Waals surface area contributed by atoms with E-state index in [9.17, 15) is 0 Å². The predicted molar refractivity (Wildman–Crippen MR) is 70.2 cm³/mol. The van der Waals surface area contributed by atoms with Crippen molar-refractivity contribution >= 4 is 0 Å². The van der Waals surface area contributed by atoms with Crippen LogP contribution in [-0.2, 0) is 6.42 Å². The minimum Gasteiger partial charge on any atom is -0.469 e. The Morgan fingerprint density at radius 1 is 1.41 bits per heavy atom. The molecular weight excluding hydrogens is 212 g/mol. The van der Waals surface area contributed by atoms with Crippen molar-refractivity contribution in [1.82, 2.24) is 10.2 Å². The van der Waals surface area contributed by atoms with Crippen LogP contribution in [0.4, 0.5) is 0 Å². The Labute approximate surface area is 104 Å². The van der Waals surface area contributed by atoms with Crippen molar-refractivity contribution in [3.05, 3.63) is 24.2 Å². The molecule has 0 amide bonds. The zero-order valence-electron chi connectivity index (χ0n) is 10.8. The summed E-state index contributed by atoms with van der Waals surface area (Å²) in [5.74, 6) is 1.10. The second-order valence-electron chi connectivity index (χ2n) is 5.05. The van der Waals surface area contributed by atoms with Crippen LogP contribution in [0.2, 0.25) is 0 Å². The first-order chi connectivity index (χ1) is 8.34. The summed E-state index contributed by atoms with van der Waals surface area (Å²) in [4.78, 5) is 2.56. The molecule has 1 unspecified atom stereocenters. The van der Waals surface area contributed by atoms with E-state index in [1.54, 1.807) is 6.26 Å². The van der Waals surface area contributed by atoms with Gasteiger partial charge >= 0.3 is 0 Å². The van der Waals surface area contributed by atoms with Gasteiger partial charge in [-0.15, -0.1) is 0 Å². The number of nitrogens with one attached hydrogen (secondary N) is 1. The quantitative estimate of drug-likeness (QED) is 0.736. The molecule has 3 heteroatoms. The molecule has 2 rings (SSSR count). The van der Waals surface area contributed by atoms with E-state index in [0.717, 1.165) is 25.1 Å². The fourth-order valence-electron chi connectivity index (χ4n) is 2.48. The van der Waals surface area contributed by atoms with Crippen LogP contribution in [0.25, 0.3) is 0 Å². The van der Waals surface area contributed by atoms with Crippen LogP contribution in [0.5, 0.6) is 0 Å². The standard InChI is InChI=1S/C14H24N2O/c1-13(12-16-9-2-3-10-16)15-8-4-6-14-7-5-11-17-14/h5,7,11,13,15H,2-4,6,8-10,12H2,1H3. The Kier molecular flexibility index (Phi) is 5.08. The molecule has 0 aliphatic carbocycles. The molecule has 3 nitrogen and oxygen atoms in total. The van der Waals surface area contributed by atoms with E-state index in [0.29, 0.717) is 6.04 Å². The van der Waals surface area contributed by atoms with Gasteiger partial charge in [0.15, 0.2) is 0 Å². The average molecular weight is 236 g/mol. The molecule has 0 bridgehead atoms. The second-order valence-corrected chi connectivity index (χ2v) is 5.05. The lowest BCUT2D eigenvalue weighted by Gasteiger charge is -2.21. The normalized spacial score (nSPS) is 18.6. The van der Waals surface area contributed by atoms with Crippen molar-refractivity contribution < 1.29 is 4.42 Å². The molecule has 2 heterocycles. The number of hydrogen-bond donors (Lipinski definition) is 1. The van der Waals surface area contributed by atoms with E-state index in [-0.39, 0.29) is 0 Å². The first kappa shape index (κ1) is 12.7. The van der Waals surface area contributed by atoms with Crippen LogP contribution in [0, 0.1) is 0 Å². The maximum atomic E-state index is 5.31. The Morgan fingerprint density at radius 3 is 2.94 bits per heavy atom. The maximum Gasteiger partial charge on any atom is 0.103 e. The van der Waals surface area contributed by atoms with Crippen molar-refractivity contribution in [2.75, 3.05) is 26.2 Å². The minimum atomic E-state index is 0.602. The lowest BCUT2D eigenvalue weighted by atomic mass is 10.2. The van der Waals surface area contributed by atoms with E-state index >= 15 is 0 Å². The summed E-state index contributed by atoms with van der Waals surface area (Å²) in [7, 11) is 0. The third-order valence-corrected chi connectivity index (χ3v) is 3.40. The molecule has 1 fully saturated rings. The topological polar surface area (TPSA) is 28.4 Å². The van der Waals surface area contributed by atoms with Crippen LogP contribution >= 0.6 is 0 Å². The lowest BCUT2D eigenvalue weighted by molar-refractivity contribution is 0.298. The van der Waals surface area contributed by atoms with E-state index in [1.807, 2.05) is 12.1 Å². The summed E-state index contributed by atoms with van der Waals surface area (Å²) in [5.41, 5.74) is 0. The smallest absolute Gasteiger partial charge is 0.103 e. The van der Waals surface area contributed by atoms with Crippen LogP contribution in [-0.4, -0.2) is 37.1 Å². The number of rotatable bonds is 7. The highest BCUT2D eigenvalue weighted by molar-refractivity contribution is 4.97. The van der Waals surface area contributed by atoms with Crippen LogP contribution in [0.1, 0.15) is 31.9 Å². The van der Waals surface area contributed by atoms with Gasteiger partial charge in [-0.05, 0) is 58.0 Å². The summed E-state index contributed by atoms with van der Waals surface area (Å²) >= 11 is 0. The molecule has 1 aromatic rings. The molecule has 96 valence electrons. The van der Waals surface area contributed by atoms with Gasteiger partial charge in [0.05, 0.1) is 6.26 Å². The highest BCUT2D eigenvalue weighted by atomic mass is 16.3. The third kappa shape index (κ3) is 4.52. The van der Waals surface area contributed by atoms with E-state index in [2.05, 4.69) is 17.1 Å². The number of likely N-dealkylation sites (tertiary alicyclic amines) is 1. The first-order valence-corrected chi connectivity index (χ1v) is 6.83. The summed E-state index contributed by atoms with van der Waals surface area (Å²) in [6.45, 7) is 7.14. The zero-order chi connectivity index (χ0) is 11.9. The molecule has 1 aliphatic rings.